The molecule has 0 amide bonds. The predicted molar refractivity (Wildman–Crippen MR) is 68.6 cm³/mol. The monoisotopic (exact) mass is 290 g/mol. The normalized spacial score (nSPS) is 10.3. The number of benzene rings is 1. The second kappa shape index (κ2) is 5.45. The molecule has 0 atom stereocenters. The van der Waals surface area contributed by atoms with Gasteiger partial charge in [0, 0.05) is 6.07 Å². The molecule has 0 aliphatic carbocycles. The van der Waals surface area contributed by atoms with Gasteiger partial charge in [0.1, 0.15) is 5.69 Å². The van der Waals surface area contributed by atoms with Crippen LogP contribution in [-0.2, 0) is 6.54 Å². The standard InChI is InChI=1S/C13H10N2O6/c16-11(17)8-3-1-7(2-4-8)6-15-10(13(20)21)5-9(14-15)12(18)19/h1-5H,6H2,(H,16,17)(H,18,19)(H,20,21). The molecule has 0 radical (unpaired) electrons. The summed E-state index contributed by atoms with van der Waals surface area (Å²) in [7, 11) is 0. The predicted octanol–water partition coefficient (Wildman–Crippen LogP) is 1.03. The molecule has 1 aromatic carbocycles. The summed E-state index contributed by atoms with van der Waals surface area (Å²) in [4.78, 5) is 32.6. The Morgan fingerprint density at radius 2 is 1.57 bits per heavy atom. The summed E-state index contributed by atoms with van der Waals surface area (Å²) in [5, 5.41) is 30.3. The van der Waals surface area contributed by atoms with Crippen molar-refractivity contribution in [2.24, 2.45) is 0 Å². The Labute approximate surface area is 117 Å². The highest BCUT2D eigenvalue weighted by molar-refractivity contribution is 5.91. The number of carboxylic acids is 3. The molecule has 8 nitrogen and oxygen atoms in total. The maximum absolute atomic E-state index is 11.1. The summed E-state index contributed by atoms with van der Waals surface area (Å²) in [5.74, 6) is -3.69. The van der Waals surface area contributed by atoms with E-state index in [0.29, 0.717) is 5.56 Å². The van der Waals surface area contributed by atoms with E-state index in [9.17, 15) is 14.4 Å². The molecule has 8 heteroatoms. The molecule has 2 rings (SSSR count). The maximum Gasteiger partial charge on any atom is 0.356 e. The SMILES string of the molecule is O=C(O)c1ccc(Cn2nc(C(=O)O)cc2C(=O)O)cc1. The second-order valence-electron chi connectivity index (χ2n) is 4.18. The Hall–Kier alpha value is -3.16. The van der Waals surface area contributed by atoms with Gasteiger partial charge in [-0.2, -0.15) is 5.10 Å². The number of hydrogen-bond acceptors (Lipinski definition) is 4. The van der Waals surface area contributed by atoms with Gasteiger partial charge in [0.05, 0.1) is 12.1 Å². The summed E-state index contributed by atoms with van der Waals surface area (Å²) >= 11 is 0. The minimum absolute atomic E-state index is 0.0226. The summed E-state index contributed by atoms with van der Waals surface area (Å²) < 4.78 is 1.04. The first kappa shape index (κ1) is 14.3. The van der Waals surface area contributed by atoms with Crippen LogP contribution in [0.5, 0.6) is 0 Å². The number of hydrogen-bond donors (Lipinski definition) is 3. The molecule has 21 heavy (non-hydrogen) atoms. The average molecular weight is 290 g/mol. The number of nitrogens with zero attached hydrogens (tertiary/aromatic N) is 2. The Kier molecular flexibility index (Phi) is 3.70. The third-order valence-electron chi connectivity index (χ3n) is 2.75. The Bertz CT molecular complexity index is 717. The van der Waals surface area contributed by atoms with Crippen LogP contribution in [0.4, 0.5) is 0 Å². The highest BCUT2D eigenvalue weighted by Gasteiger charge is 2.18. The van der Waals surface area contributed by atoms with Gasteiger partial charge < -0.3 is 15.3 Å². The van der Waals surface area contributed by atoms with E-state index in [2.05, 4.69) is 5.10 Å². The van der Waals surface area contributed by atoms with Crippen LogP contribution >= 0.6 is 0 Å². The number of aromatic nitrogens is 2. The van der Waals surface area contributed by atoms with Crippen molar-refractivity contribution in [3.05, 3.63) is 52.8 Å². The van der Waals surface area contributed by atoms with Crippen LogP contribution in [0, 0.1) is 0 Å². The van der Waals surface area contributed by atoms with Crippen LogP contribution in [0.1, 0.15) is 36.9 Å². The lowest BCUT2D eigenvalue weighted by atomic mass is 10.1. The summed E-state index contributed by atoms with van der Waals surface area (Å²) in [6.45, 7) is 0.0226. The largest absolute Gasteiger partial charge is 0.478 e. The van der Waals surface area contributed by atoms with E-state index in [1.165, 1.54) is 24.3 Å². The first-order chi connectivity index (χ1) is 9.88. The van der Waals surface area contributed by atoms with E-state index in [4.69, 9.17) is 15.3 Å². The fourth-order valence-electron chi connectivity index (χ4n) is 1.74. The first-order valence-corrected chi connectivity index (χ1v) is 5.75. The van der Waals surface area contributed by atoms with Crippen molar-refractivity contribution >= 4 is 17.9 Å². The lowest BCUT2D eigenvalue weighted by Crippen LogP contribution is -2.11. The molecule has 108 valence electrons. The van der Waals surface area contributed by atoms with Gasteiger partial charge in [-0.3, -0.25) is 4.68 Å². The number of carbonyl (C=O) groups is 3. The lowest BCUT2D eigenvalue weighted by molar-refractivity contribution is 0.0676. The summed E-state index contributed by atoms with van der Waals surface area (Å²) in [6, 6.07) is 6.74. The molecule has 1 aromatic heterocycles. The van der Waals surface area contributed by atoms with Crippen molar-refractivity contribution in [3.63, 3.8) is 0 Å². The summed E-state index contributed by atoms with van der Waals surface area (Å²) in [5.41, 5.74) is 0.0794. The molecule has 0 fully saturated rings. The van der Waals surface area contributed by atoms with Crippen LogP contribution in [0.25, 0.3) is 0 Å². The molecular formula is C13H10N2O6. The molecule has 1 heterocycles. The van der Waals surface area contributed by atoms with E-state index in [0.717, 1.165) is 10.7 Å². The molecule has 0 saturated carbocycles. The van der Waals surface area contributed by atoms with Gasteiger partial charge in [0.2, 0.25) is 0 Å². The van der Waals surface area contributed by atoms with Gasteiger partial charge in [-0.05, 0) is 17.7 Å². The van der Waals surface area contributed by atoms with Gasteiger partial charge in [-0.15, -0.1) is 0 Å². The van der Waals surface area contributed by atoms with Crippen molar-refractivity contribution < 1.29 is 29.7 Å². The fraction of sp³-hybridized carbons (Fsp3) is 0.0769. The van der Waals surface area contributed by atoms with Gasteiger partial charge in [0.25, 0.3) is 0 Å². The third-order valence-corrected chi connectivity index (χ3v) is 2.75. The minimum atomic E-state index is -1.32. The van der Waals surface area contributed by atoms with Crippen molar-refractivity contribution in [2.45, 2.75) is 6.54 Å². The zero-order chi connectivity index (χ0) is 15.6. The molecule has 0 bridgehead atoms. The van der Waals surface area contributed by atoms with Crippen LogP contribution in [-0.4, -0.2) is 43.0 Å². The van der Waals surface area contributed by atoms with Crippen LogP contribution in [0.2, 0.25) is 0 Å². The fourth-order valence-corrected chi connectivity index (χ4v) is 1.74. The van der Waals surface area contributed by atoms with Gasteiger partial charge in [-0.25, -0.2) is 14.4 Å². The quantitative estimate of drug-likeness (QED) is 0.749. The lowest BCUT2D eigenvalue weighted by Gasteiger charge is -2.05. The molecular weight excluding hydrogens is 280 g/mol. The molecule has 0 saturated heterocycles. The smallest absolute Gasteiger partial charge is 0.356 e. The Morgan fingerprint density at radius 3 is 2.05 bits per heavy atom. The van der Waals surface area contributed by atoms with E-state index in [1.807, 2.05) is 0 Å². The van der Waals surface area contributed by atoms with E-state index in [1.54, 1.807) is 0 Å². The van der Waals surface area contributed by atoms with Crippen molar-refractivity contribution in [1.82, 2.24) is 9.78 Å². The van der Waals surface area contributed by atoms with Gasteiger partial charge >= 0.3 is 17.9 Å². The highest BCUT2D eigenvalue weighted by atomic mass is 16.4. The Balaban J connectivity index is 2.32. The van der Waals surface area contributed by atoms with Crippen LogP contribution < -0.4 is 0 Å². The van der Waals surface area contributed by atoms with Crippen LogP contribution in [0.15, 0.2) is 30.3 Å². The molecule has 0 unspecified atom stereocenters. The molecule has 3 N–H and O–H groups in total. The number of rotatable bonds is 5. The molecule has 2 aromatic rings. The zero-order valence-electron chi connectivity index (χ0n) is 10.6. The van der Waals surface area contributed by atoms with Crippen LogP contribution in [0.3, 0.4) is 0 Å². The summed E-state index contributed by atoms with van der Waals surface area (Å²) in [6.07, 6.45) is 0. The minimum Gasteiger partial charge on any atom is -0.478 e. The van der Waals surface area contributed by atoms with E-state index < -0.39 is 17.9 Å². The van der Waals surface area contributed by atoms with Gasteiger partial charge in [-0.1, -0.05) is 12.1 Å². The number of aromatic carboxylic acids is 3. The molecule has 0 aliphatic heterocycles. The zero-order valence-corrected chi connectivity index (χ0v) is 10.6. The van der Waals surface area contributed by atoms with Gasteiger partial charge in [0.15, 0.2) is 5.69 Å². The topological polar surface area (TPSA) is 130 Å². The average Bonchev–Trinajstić information content (AvgIpc) is 2.83. The second-order valence-corrected chi connectivity index (χ2v) is 4.18. The van der Waals surface area contributed by atoms with Crippen molar-refractivity contribution in [3.8, 4) is 0 Å². The van der Waals surface area contributed by atoms with Crippen molar-refractivity contribution in [2.75, 3.05) is 0 Å². The highest BCUT2D eigenvalue weighted by Crippen LogP contribution is 2.10. The maximum atomic E-state index is 11.1. The Morgan fingerprint density at radius 1 is 0.952 bits per heavy atom. The molecule has 0 spiro atoms. The number of carboxylic acid groups (broad SMARTS) is 3. The van der Waals surface area contributed by atoms with E-state index in [-0.39, 0.29) is 23.5 Å². The van der Waals surface area contributed by atoms with E-state index >= 15 is 0 Å². The molecule has 0 aliphatic rings. The third kappa shape index (κ3) is 3.06. The van der Waals surface area contributed by atoms with Crippen molar-refractivity contribution in [1.29, 1.82) is 0 Å². The first-order valence-electron chi connectivity index (χ1n) is 5.75.